The van der Waals surface area contributed by atoms with E-state index in [4.69, 9.17) is 4.52 Å². The van der Waals surface area contributed by atoms with E-state index in [1.807, 2.05) is 13.8 Å². The van der Waals surface area contributed by atoms with Crippen LogP contribution in [0.5, 0.6) is 0 Å². The first kappa shape index (κ1) is 17.6. The minimum atomic E-state index is -0.159. The van der Waals surface area contributed by atoms with Gasteiger partial charge in [0.1, 0.15) is 5.76 Å². The molecule has 0 aliphatic carbocycles. The van der Waals surface area contributed by atoms with Crippen LogP contribution in [0.2, 0.25) is 0 Å². The summed E-state index contributed by atoms with van der Waals surface area (Å²) in [4.78, 5) is 28.6. The summed E-state index contributed by atoms with van der Waals surface area (Å²) in [5.74, 6) is 0.857. The zero-order valence-corrected chi connectivity index (χ0v) is 14.9. The fourth-order valence-corrected chi connectivity index (χ4v) is 2.74. The summed E-state index contributed by atoms with van der Waals surface area (Å²) in [7, 11) is 1.77. The Morgan fingerprint density at radius 2 is 1.92 bits per heavy atom. The number of benzene rings is 1. The first-order valence-corrected chi connectivity index (χ1v) is 8.29. The number of nitrogens with zero attached hydrogens (tertiary/aromatic N) is 3. The van der Waals surface area contributed by atoms with Crippen LogP contribution in [0, 0.1) is 13.8 Å². The fourth-order valence-electron chi connectivity index (χ4n) is 2.74. The standard InChI is InChI=1S/C19H20N4O3/c1-12-16(13(2)26-22-12)8-9-17(24)21-15-6-4-14(5-7-15)18(25)19-20-10-11-23(19)3/h4-7,10-11H,8-9H2,1-3H3,(H,21,24). The number of ketones is 1. The van der Waals surface area contributed by atoms with Gasteiger partial charge in [0.25, 0.3) is 0 Å². The van der Waals surface area contributed by atoms with Crippen molar-refractivity contribution in [3.8, 4) is 0 Å². The molecule has 134 valence electrons. The van der Waals surface area contributed by atoms with Crippen molar-refractivity contribution < 1.29 is 14.1 Å². The van der Waals surface area contributed by atoms with Gasteiger partial charge >= 0.3 is 0 Å². The molecule has 0 saturated heterocycles. The molecule has 3 aromatic rings. The van der Waals surface area contributed by atoms with Crippen LogP contribution in [-0.4, -0.2) is 26.4 Å². The second kappa shape index (κ2) is 7.35. The van der Waals surface area contributed by atoms with E-state index >= 15 is 0 Å². The van der Waals surface area contributed by atoms with E-state index < -0.39 is 0 Å². The summed E-state index contributed by atoms with van der Waals surface area (Å²) in [6.07, 6.45) is 4.21. The number of imidazole rings is 1. The van der Waals surface area contributed by atoms with Crippen LogP contribution in [-0.2, 0) is 18.3 Å². The normalized spacial score (nSPS) is 10.7. The number of carbonyl (C=O) groups is 2. The molecule has 1 N–H and O–H groups in total. The van der Waals surface area contributed by atoms with Crippen molar-refractivity contribution >= 4 is 17.4 Å². The predicted molar refractivity (Wildman–Crippen MR) is 96.0 cm³/mol. The number of amides is 1. The molecule has 0 spiro atoms. The van der Waals surface area contributed by atoms with Crippen molar-refractivity contribution in [3.63, 3.8) is 0 Å². The molecule has 0 atom stereocenters. The van der Waals surface area contributed by atoms with E-state index in [1.54, 1.807) is 48.3 Å². The van der Waals surface area contributed by atoms with Gasteiger partial charge in [0, 0.05) is 42.7 Å². The smallest absolute Gasteiger partial charge is 0.228 e. The average molecular weight is 352 g/mol. The second-order valence-corrected chi connectivity index (χ2v) is 6.12. The number of hydrogen-bond acceptors (Lipinski definition) is 5. The lowest BCUT2D eigenvalue weighted by Gasteiger charge is -2.06. The van der Waals surface area contributed by atoms with Crippen molar-refractivity contribution in [2.45, 2.75) is 26.7 Å². The number of aromatic nitrogens is 3. The summed E-state index contributed by atoms with van der Waals surface area (Å²) < 4.78 is 6.77. The highest BCUT2D eigenvalue weighted by Gasteiger charge is 2.14. The zero-order valence-electron chi connectivity index (χ0n) is 14.9. The Labute approximate surface area is 151 Å². The molecule has 1 aromatic carbocycles. The van der Waals surface area contributed by atoms with Crippen LogP contribution in [0.4, 0.5) is 5.69 Å². The molecule has 7 heteroatoms. The van der Waals surface area contributed by atoms with E-state index in [2.05, 4.69) is 15.5 Å². The van der Waals surface area contributed by atoms with Crippen LogP contribution in [0.25, 0.3) is 0 Å². The zero-order chi connectivity index (χ0) is 18.7. The summed E-state index contributed by atoms with van der Waals surface area (Å²) in [6.45, 7) is 3.70. The Morgan fingerprint density at radius 1 is 1.19 bits per heavy atom. The number of anilines is 1. The number of carbonyl (C=O) groups excluding carboxylic acids is 2. The maximum atomic E-state index is 12.4. The van der Waals surface area contributed by atoms with Gasteiger partial charge in [-0.2, -0.15) is 0 Å². The average Bonchev–Trinajstić information content (AvgIpc) is 3.19. The van der Waals surface area contributed by atoms with Crippen molar-refractivity contribution in [2.75, 3.05) is 5.32 Å². The van der Waals surface area contributed by atoms with E-state index in [0.29, 0.717) is 29.9 Å². The molecule has 0 radical (unpaired) electrons. The molecule has 0 unspecified atom stereocenters. The molecule has 26 heavy (non-hydrogen) atoms. The Kier molecular flexibility index (Phi) is 4.97. The van der Waals surface area contributed by atoms with Gasteiger partial charge < -0.3 is 14.4 Å². The monoisotopic (exact) mass is 352 g/mol. The highest BCUT2D eigenvalue weighted by atomic mass is 16.5. The van der Waals surface area contributed by atoms with Gasteiger partial charge in [-0.3, -0.25) is 9.59 Å². The van der Waals surface area contributed by atoms with Crippen LogP contribution in [0.1, 0.15) is 39.6 Å². The minimum Gasteiger partial charge on any atom is -0.361 e. The Hall–Kier alpha value is -3.22. The van der Waals surface area contributed by atoms with Crippen molar-refractivity contribution in [3.05, 3.63) is 65.1 Å². The largest absolute Gasteiger partial charge is 0.361 e. The summed E-state index contributed by atoms with van der Waals surface area (Å²) in [6, 6.07) is 6.79. The summed E-state index contributed by atoms with van der Waals surface area (Å²) in [5, 5.41) is 6.72. The molecule has 2 heterocycles. The van der Waals surface area contributed by atoms with Crippen LogP contribution >= 0.6 is 0 Å². The van der Waals surface area contributed by atoms with E-state index in [0.717, 1.165) is 17.0 Å². The van der Waals surface area contributed by atoms with Gasteiger partial charge in [-0.05, 0) is 44.5 Å². The lowest BCUT2D eigenvalue weighted by atomic mass is 10.1. The molecular formula is C19H20N4O3. The number of aryl methyl sites for hydroxylation is 3. The van der Waals surface area contributed by atoms with Gasteiger partial charge in [-0.15, -0.1) is 0 Å². The number of nitrogens with one attached hydrogen (secondary N) is 1. The molecule has 3 rings (SSSR count). The van der Waals surface area contributed by atoms with Crippen molar-refractivity contribution in [2.24, 2.45) is 7.05 Å². The highest BCUT2D eigenvalue weighted by molar-refractivity contribution is 6.07. The molecule has 1 amide bonds. The van der Waals surface area contributed by atoms with E-state index in [9.17, 15) is 9.59 Å². The maximum Gasteiger partial charge on any atom is 0.228 e. The fraction of sp³-hybridized carbons (Fsp3) is 0.263. The molecule has 7 nitrogen and oxygen atoms in total. The topological polar surface area (TPSA) is 90.0 Å². The minimum absolute atomic E-state index is 0.104. The SMILES string of the molecule is Cc1noc(C)c1CCC(=O)Nc1ccc(C(=O)c2nccn2C)cc1. The van der Waals surface area contributed by atoms with Gasteiger partial charge in [-0.25, -0.2) is 4.98 Å². The lowest BCUT2D eigenvalue weighted by Crippen LogP contribution is -2.13. The third-order valence-corrected chi connectivity index (χ3v) is 4.24. The third kappa shape index (κ3) is 3.72. The lowest BCUT2D eigenvalue weighted by molar-refractivity contribution is -0.116. The summed E-state index contributed by atoms with van der Waals surface area (Å²) >= 11 is 0. The first-order chi connectivity index (χ1) is 12.5. The molecule has 0 aliphatic rings. The molecule has 0 bridgehead atoms. The highest BCUT2D eigenvalue weighted by Crippen LogP contribution is 2.16. The first-order valence-electron chi connectivity index (χ1n) is 8.29. The van der Waals surface area contributed by atoms with E-state index in [-0.39, 0.29) is 11.7 Å². The molecule has 0 fully saturated rings. The van der Waals surface area contributed by atoms with Crippen molar-refractivity contribution in [1.29, 1.82) is 0 Å². The molecule has 2 aromatic heterocycles. The number of hydrogen-bond donors (Lipinski definition) is 1. The second-order valence-electron chi connectivity index (χ2n) is 6.12. The van der Waals surface area contributed by atoms with Gasteiger partial charge in [-0.1, -0.05) is 5.16 Å². The van der Waals surface area contributed by atoms with Crippen LogP contribution < -0.4 is 5.32 Å². The molecule has 0 aliphatic heterocycles. The van der Waals surface area contributed by atoms with E-state index in [1.165, 1.54) is 0 Å². The predicted octanol–water partition coefficient (Wildman–Crippen LogP) is 2.83. The Bertz CT molecular complexity index is 919. The van der Waals surface area contributed by atoms with Gasteiger partial charge in [0.2, 0.25) is 11.7 Å². The Balaban J connectivity index is 1.59. The summed E-state index contributed by atoms with van der Waals surface area (Å²) in [5.41, 5.74) is 2.95. The molecule has 0 saturated carbocycles. The van der Waals surface area contributed by atoms with Crippen molar-refractivity contribution in [1.82, 2.24) is 14.7 Å². The van der Waals surface area contributed by atoms with Crippen LogP contribution in [0.3, 0.4) is 0 Å². The maximum absolute atomic E-state index is 12.4. The van der Waals surface area contributed by atoms with Crippen LogP contribution in [0.15, 0.2) is 41.2 Å². The Morgan fingerprint density at radius 3 is 2.50 bits per heavy atom. The number of rotatable bonds is 6. The molecular weight excluding hydrogens is 332 g/mol. The van der Waals surface area contributed by atoms with Gasteiger partial charge in [0.15, 0.2) is 5.82 Å². The quantitative estimate of drug-likeness (QED) is 0.689. The third-order valence-electron chi connectivity index (χ3n) is 4.24. The van der Waals surface area contributed by atoms with Gasteiger partial charge in [0.05, 0.1) is 5.69 Å².